The van der Waals surface area contributed by atoms with E-state index in [1.807, 2.05) is 24.0 Å². The third kappa shape index (κ3) is 4.12. The Morgan fingerprint density at radius 2 is 2.36 bits per heavy atom. The highest BCUT2D eigenvalue weighted by atomic mass is 32.2. The quantitative estimate of drug-likeness (QED) is 0.833. The summed E-state index contributed by atoms with van der Waals surface area (Å²) >= 11 is -1.55. The fraction of sp³-hybridized carbons (Fsp3) is 0.529. The van der Waals surface area contributed by atoms with E-state index in [0.29, 0.717) is 35.9 Å². The summed E-state index contributed by atoms with van der Waals surface area (Å²) in [7, 11) is 0. The summed E-state index contributed by atoms with van der Waals surface area (Å²) in [5, 5.41) is 0. The van der Waals surface area contributed by atoms with Crippen molar-refractivity contribution in [2.24, 2.45) is 16.0 Å². The first-order valence-electron chi connectivity index (χ1n) is 8.65. The number of benzene rings is 1. The average Bonchev–Trinajstić information content (AvgIpc) is 2.60. The predicted octanol–water partition coefficient (Wildman–Crippen LogP) is 1.81. The van der Waals surface area contributed by atoms with E-state index >= 15 is 0 Å². The summed E-state index contributed by atoms with van der Waals surface area (Å²) in [6.07, 6.45) is 3.52. The van der Waals surface area contributed by atoms with E-state index < -0.39 is 11.2 Å². The van der Waals surface area contributed by atoms with E-state index in [0.717, 1.165) is 32.4 Å². The first-order chi connectivity index (χ1) is 12.1. The monoisotopic (exact) mass is 364 g/mol. The Labute approximate surface area is 150 Å². The van der Waals surface area contributed by atoms with Crippen LogP contribution in [0.15, 0.2) is 22.6 Å². The number of hydrogen-bond donors (Lipinski definition) is 2. The number of amidine groups is 1. The van der Waals surface area contributed by atoms with Gasteiger partial charge in [-0.2, -0.15) is 4.40 Å². The van der Waals surface area contributed by atoms with Gasteiger partial charge in [0.25, 0.3) is 0 Å². The molecule has 7 nitrogen and oxygen atoms in total. The number of nitrogens with zero attached hydrogens (tertiary/aromatic N) is 2. The molecule has 0 aromatic heterocycles. The summed E-state index contributed by atoms with van der Waals surface area (Å²) in [4.78, 5) is 14.0. The Morgan fingerprint density at radius 3 is 3.16 bits per heavy atom. The number of fused-ring (bicyclic) bond motifs is 1. The number of carbonyl (C=O) groups excluding carboxylic acids is 1. The van der Waals surface area contributed by atoms with Crippen molar-refractivity contribution in [3.8, 4) is 5.75 Å². The summed E-state index contributed by atoms with van der Waals surface area (Å²) < 4.78 is 24.2. The normalized spacial score (nSPS) is 22.6. The van der Waals surface area contributed by atoms with Gasteiger partial charge in [0.1, 0.15) is 11.6 Å². The molecule has 25 heavy (non-hydrogen) atoms. The zero-order valence-corrected chi connectivity index (χ0v) is 15.2. The van der Waals surface area contributed by atoms with Crippen LogP contribution in [0.3, 0.4) is 0 Å². The zero-order valence-electron chi connectivity index (χ0n) is 14.4. The average molecular weight is 364 g/mol. The van der Waals surface area contributed by atoms with Crippen LogP contribution in [0.5, 0.6) is 5.75 Å². The molecule has 0 unspecified atom stereocenters. The maximum Gasteiger partial charge on any atom is 0.245 e. The maximum absolute atomic E-state index is 12.1. The summed E-state index contributed by atoms with van der Waals surface area (Å²) in [6, 6.07) is 5.46. The number of rotatable bonds is 5. The Hall–Kier alpha value is -2.09. The maximum atomic E-state index is 12.1. The van der Waals surface area contributed by atoms with Gasteiger partial charge in [-0.1, -0.05) is 13.0 Å². The minimum atomic E-state index is -1.55. The van der Waals surface area contributed by atoms with Crippen molar-refractivity contribution in [3.63, 3.8) is 0 Å². The van der Waals surface area contributed by atoms with E-state index in [9.17, 15) is 9.00 Å². The van der Waals surface area contributed by atoms with Gasteiger partial charge in [-0.05, 0) is 31.4 Å². The summed E-state index contributed by atoms with van der Waals surface area (Å²) in [5.74, 6) is 1.37. The molecule has 0 bridgehead atoms. The Morgan fingerprint density at radius 1 is 1.52 bits per heavy atom. The number of amides is 1. The number of nitrogens with two attached hydrogens (primary N) is 1. The number of likely N-dealkylation sites (tertiary alicyclic amines) is 1. The van der Waals surface area contributed by atoms with Gasteiger partial charge in [-0.3, -0.25) is 9.52 Å². The van der Waals surface area contributed by atoms with Gasteiger partial charge in [-0.25, -0.2) is 4.21 Å². The second kappa shape index (κ2) is 7.86. The predicted molar refractivity (Wildman–Crippen MR) is 98.6 cm³/mol. The number of piperidine rings is 1. The minimum Gasteiger partial charge on any atom is -0.492 e. The van der Waals surface area contributed by atoms with Crippen LogP contribution < -0.4 is 15.2 Å². The first-order valence-corrected chi connectivity index (χ1v) is 9.75. The van der Waals surface area contributed by atoms with E-state index in [2.05, 4.69) is 9.12 Å². The van der Waals surface area contributed by atoms with Crippen molar-refractivity contribution in [1.29, 1.82) is 0 Å². The van der Waals surface area contributed by atoms with Crippen LogP contribution in [0, 0.1) is 5.92 Å². The van der Waals surface area contributed by atoms with E-state index in [1.165, 1.54) is 0 Å². The molecular formula is C17H24N4O3S. The molecule has 1 aromatic rings. The molecule has 2 atom stereocenters. The van der Waals surface area contributed by atoms with Gasteiger partial charge in [0.05, 0.1) is 17.9 Å². The number of carbonyl (C=O) groups is 1. The molecule has 136 valence electrons. The van der Waals surface area contributed by atoms with Crippen molar-refractivity contribution in [2.75, 3.05) is 24.4 Å². The number of hydrogen-bond acceptors (Lipinski definition) is 4. The lowest BCUT2D eigenvalue weighted by atomic mass is 9.98. The van der Waals surface area contributed by atoms with Crippen LogP contribution in [0.25, 0.3) is 0 Å². The smallest absolute Gasteiger partial charge is 0.245 e. The second-order valence-electron chi connectivity index (χ2n) is 6.42. The molecule has 2 heterocycles. The van der Waals surface area contributed by atoms with Gasteiger partial charge in [0.2, 0.25) is 17.1 Å². The number of ether oxygens (including phenoxy) is 1. The van der Waals surface area contributed by atoms with Crippen LogP contribution >= 0.6 is 0 Å². The molecule has 2 aliphatic rings. The first kappa shape index (κ1) is 17.7. The molecule has 0 aliphatic carbocycles. The van der Waals surface area contributed by atoms with Crippen LogP contribution in [0.4, 0.5) is 5.69 Å². The third-order valence-corrected chi connectivity index (χ3v) is 5.23. The largest absolute Gasteiger partial charge is 0.492 e. The minimum absolute atomic E-state index is 0.214. The molecule has 0 spiro atoms. The lowest BCUT2D eigenvalue weighted by Crippen LogP contribution is -2.41. The van der Waals surface area contributed by atoms with Crippen LogP contribution in [-0.2, 0) is 16.0 Å². The van der Waals surface area contributed by atoms with Crippen molar-refractivity contribution in [3.05, 3.63) is 23.8 Å². The van der Waals surface area contributed by atoms with Crippen LogP contribution in [0.2, 0.25) is 0 Å². The standard InChI is InChI=1S/C17H24N4O3S/c1-2-5-15(22)21-9-4-6-12(10-21)11-24-14-8-3-7-13-16(14)17(18)20-25(23)19-13/h3,7-8,12,19H,2,4-6,9-11H2,1H3,(H2,18,20)/t12-,25+/m0/s1. The molecule has 3 N–H and O–H groups in total. The summed E-state index contributed by atoms with van der Waals surface area (Å²) in [6.45, 7) is 4.11. The van der Waals surface area contributed by atoms with Crippen molar-refractivity contribution >= 4 is 28.6 Å². The highest BCUT2D eigenvalue weighted by Gasteiger charge is 2.25. The van der Waals surface area contributed by atoms with Gasteiger partial charge in [0.15, 0.2) is 0 Å². The Bertz CT molecular complexity index is 707. The van der Waals surface area contributed by atoms with E-state index in [4.69, 9.17) is 10.5 Å². The highest BCUT2D eigenvalue weighted by molar-refractivity contribution is 7.85. The second-order valence-corrected chi connectivity index (χ2v) is 7.30. The van der Waals surface area contributed by atoms with Crippen LogP contribution in [0.1, 0.15) is 38.2 Å². The molecule has 1 aromatic carbocycles. The van der Waals surface area contributed by atoms with Gasteiger partial charge < -0.3 is 15.4 Å². The third-order valence-electron chi connectivity index (χ3n) is 4.47. The fourth-order valence-electron chi connectivity index (χ4n) is 3.26. The van der Waals surface area contributed by atoms with E-state index in [1.54, 1.807) is 6.07 Å². The SMILES string of the molecule is CCCC(=O)N1CCC[C@H](COc2cccc3c2C(N)=N[S@](=O)N3)C1. The highest BCUT2D eigenvalue weighted by Crippen LogP contribution is 2.30. The number of anilines is 1. The Balaban J connectivity index is 1.65. The molecule has 3 rings (SSSR count). The lowest BCUT2D eigenvalue weighted by molar-refractivity contribution is -0.133. The molecule has 8 heteroatoms. The molecule has 2 aliphatic heterocycles. The van der Waals surface area contributed by atoms with E-state index in [-0.39, 0.29) is 11.7 Å². The van der Waals surface area contributed by atoms with Gasteiger partial charge in [0, 0.05) is 25.4 Å². The molecule has 1 fully saturated rings. The summed E-state index contributed by atoms with van der Waals surface area (Å²) in [5.41, 5.74) is 7.23. The van der Waals surface area contributed by atoms with Gasteiger partial charge >= 0.3 is 0 Å². The molecule has 1 saturated heterocycles. The van der Waals surface area contributed by atoms with Crippen molar-refractivity contribution in [2.45, 2.75) is 32.6 Å². The van der Waals surface area contributed by atoms with Crippen molar-refractivity contribution < 1.29 is 13.7 Å². The Kier molecular flexibility index (Phi) is 5.57. The topological polar surface area (TPSA) is 97.0 Å². The lowest BCUT2D eigenvalue weighted by Gasteiger charge is -2.33. The van der Waals surface area contributed by atoms with Gasteiger partial charge in [-0.15, -0.1) is 0 Å². The zero-order chi connectivity index (χ0) is 17.8. The molecule has 0 radical (unpaired) electrons. The van der Waals surface area contributed by atoms with Crippen molar-refractivity contribution in [1.82, 2.24) is 4.90 Å². The fourth-order valence-corrected chi connectivity index (χ4v) is 3.93. The molecule has 0 saturated carbocycles. The molecular weight excluding hydrogens is 340 g/mol. The van der Waals surface area contributed by atoms with Crippen LogP contribution in [-0.4, -0.2) is 40.5 Å². The molecule has 1 amide bonds. The number of nitrogens with one attached hydrogen (secondary N) is 1.